The van der Waals surface area contributed by atoms with Crippen molar-refractivity contribution in [2.75, 3.05) is 13.2 Å². The molecule has 1 saturated carbocycles. The summed E-state index contributed by atoms with van der Waals surface area (Å²) in [5, 5.41) is 2.77. The molecule has 0 bridgehead atoms. The summed E-state index contributed by atoms with van der Waals surface area (Å²) in [7, 11) is 0. The molecule has 140 valence electrons. The molecule has 0 radical (unpaired) electrons. The minimum atomic E-state index is -0.869. The van der Waals surface area contributed by atoms with Crippen molar-refractivity contribution in [3.8, 4) is 0 Å². The predicted octanol–water partition coefficient (Wildman–Crippen LogP) is 4.73. The van der Waals surface area contributed by atoms with E-state index in [1.54, 1.807) is 0 Å². The molecule has 1 fully saturated rings. The highest BCUT2D eigenvalue weighted by molar-refractivity contribution is 5.86. The standard InChI is InChI=1S/C19H35NO4/c1-3-5-6-7-8-9-12-16-23-17(21)19(13-10-11-14-19)20-18(22)24-15-4-2/h3-16H2,1-2H3,(H,20,22). The molecule has 0 aromatic carbocycles. The van der Waals surface area contributed by atoms with Gasteiger partial charge in [0, 0.05) is 0 Å². The van der Waals surface area contributed by atoms with E-state index in [1.807, 2.05) is 6.92 Å². The molecule has 5 heteroatoms. The van der Waals surface area contributed by atoms with Crippen LogP contribution in [0.1, 0.15) is 90.9 Å². The van der Waals surface area contributed by atoms with E-state index in [0.717, 1.165) is 32.1 Å². The van der Waals surface area contributed by atoms with Gasteiger partial charge in [0.2, 0.25) is 0 Å². The molecular formula is C19H35NO4. The van der Waals surface area contributed by atoms with Crippen LogP contribution >= 0.6 is 0 Å². The number of carbonyl (C=O) groups is 2. The SMILES string of the molecule is CCCCCCCCCOC(=O)C1(NC(=O)OCCC)CCCC1. The van der Waals surface area contributed by atoms with Crippen LogP contribution < -0.4 is 5.32 Å². The van der Waals surface area contributed by atoms with E-state index in [0.29, 0.717) is 26.1 Å². The van der Waals surface area contributed by atoms with E-state index < -0.39 is 11.6 Å². The fourth-order valence-corrected chi connectivity index (χ4v) is 3.15. The molecule has 1 aliphatic carbocycles. The van der Waals surface area contributed by atoms with Crippen molar-refractivity contribution in [2.24, 2.45) is 0 Å². The second kappa shape index (κ2) is 12.2. The number of esters is 1. The number of hydrogen-bond donors (Lipinski definition) is 1. The highest BCUT2D eigenvalue weighted by Crippen LogP contribution is 2.31. The maximum atomic E-state index is 12.5. The largest absolute Gasteiger partial charge is 0.464 e. The van der Waals surface area contributed by atoms with E-state index in [4.69, 9.17) is 9.47 Å². The summed E-state index contributed by atoms with van der Waals surface area (Å²) >= 11 is 0. The average molecular weight is 341 g/mol. The predicted molar refractivity (Wildman–Crippen MR) is 94.9 cm³/mol. The highest BCUT2D eigenvalue weighted by atomic mass is 16.6. The van der Waals surface area contributed by atoms with Gasteiger partial charge in [-0.05, 0) is 25.7 Å². The van der Waals surface area contributed by atoms with Crippen LogP contribution in [0, 0.1) is 0 Å². The van der Waals surface area contributed by atoms with Crippen molar-refractivity contribution in [1.29, 1.82) is 0 Å². The van der Waals surface area contributed by atoms with Crippen LogP contribution in [0.5, 0.6) is 0 Å². The monoisotopic (exact) mass is 341 g/mol. The Kier molecular flexibility index (Phi) is 10.5. The lowest BCUT2D eigenvalue weighted by Gasteiger charge is -2.27. The summed E-state index contributed by atoms with van der Waals surface area (Å²) in [4.78, 5) is 24.3. The topological polar surface area (TPSA) is 64.6 Å². The Hall–Kier alpha value is -1.26. The first-order chi connectivity index (χ1) is 11.6. The normalized spacial score (nSPS) is 15.9. The molecule has 0 saturated heterocycles. The number of unbranched alkanes of at least 4 members (excludes halogenated alkanes) is 6. The van der Waals surface area contributed by atoms with Crippen LogP contribution in [-0.2, 0) is 14.3 Å². The molecule has 1 rings (SSSR count). The van der Waals surface area contributed by atoms with Gasteiger partial charge in [-0.1, -0.05) is 65.2 Å². The molecular weight excluding hydrogens is 306 g/mol. The molecule has 0 aromatic rings. The van der Waals surface area contributed by atoms with Gasteiger partial charge < -0.3 is 14.8 Å². The van der Waals surface area contributed by atoms with Gasteiger partial charge in [-0.3, -0.25) is 0 Å². The summed E-state index contributed by atoms with van der Waals surface area (Å²) in [6.45, 7) is 4.97. The third kappa shape index (κ3) is 7.54. The second-order valence-corrected chi connectivity index (χ2v) is 6.81. The quantitative estimate of drug-likeness (QED) is 0.412. The van der Waals surface area contributed by atoms with Crippen molar-refractivity contribution in [3.05, 3.63) is 0 Å². The minimum Gasteiger partial charge on any atom is -0.464 e. The maximum absolute atomic E-state index is 12.5. The molecule has 1 amide bonds. The Morgan fingerprint density at radius 2 is 1.46 bits per heavy atom. The van der Waals surface area contributed by atoms with Gasteiger partial charge in [0.05, 0.1) is 13.2 Å². The average Bonchev–Trinajstić information content (AvgIpc) is 3.05. The molecule has 24 heavy (non-hydrogen) atoms. The number of rotatable bonds is 12. The lowest BCUT2D eigenvalue weighted by Crippen LogP contribution is -2.53. The van der Waals surface area contributed by atoms with Crippen LogP contribution in [0.4, 0.5) is 4.79 Å². The Balaban J connectivity index is 2.27. The number of alkyl carbamates (subject to hydrolysis) is 1. The van der Waals surface area contributed by atoms with E-state index in [2.05, 4.69) is 12.2 Å². The van der Waals surface area contributed by atoms with Gasteiger partial charge in [0.15, 0.2) is 0 Å². The van der Waals surface area contributed by atoms with Crippen LogP contribution in [0.15, 0.2) is 0 Å². The third-order valence-electron chi connectivity index (χ3n) is 4.61. The Morgan fingerprint density at radius 3 is 2.08 bits per heavy atom. The minimum absolute atomic E-state index is 0.292. The summed E-state index contributed by atoms with van der Waals surface area (Å²) in [6, 6.07) is 0. The summed E-state index contributed by atoms with van der Waals surface area (Å²) < 4.78 is 10.5. The highest BCUT2D eigenvalue weighted by Gasteiger charge is 2.44. The first-order valence-electron chi connectivity index (χ1n) is 9.77. The molecule has 0 atom stereocenters. The smallest absolute Gasteiger partial charge is 0.408 e. The van der Waals surface area contributed by atoms with Crippen molar-refractivity contribution < 1.29 is 19.1 Å². The van der Waals surface area contributed by atoms with Crippen LogP contribution in [0.2, 0.25) is 0 Å². The third-order valence-corrected chi connectivity index (χ3v) is 4.61. The lowest BCUT2D eigenvalue weighted by atomic mass is 9.98. The number of nitrogens with one attached hydrogen (secondary N) is 1. The van der Waals surface area contributed by atoms with E-state index in [1.165, 1.54) is 32.1 Å². The van der Waals surface area contributed by atoms with Crippen molar-refractivity contribution in [2.45, 2.75) is 96.4 Å². The summed E-state index contributed by atoms with van der Waals surface area (Å²) in [5.74, 6) is -0.292. The molecule has 5 nitrogen and oxygen atoms in total. The molecule has 1 N–H and O–H groups in total. The molecule has 1 aliphatic rings. The zero-order valence-corrected chi connectivity index (χ0v) is 15.5. The molecule has 0 heterocycles. The van der Waals surface area contributed by atoms with Gasteiger partial charge in [-0.15, -0.1) is 0 Å². The molecule has 0 unspecified atom stereocenters. The summed E-state index contributed by atoms with van der Waals surface area (Å²) in [5.41, 5.74) is -0.869. The van der Waals surface area contributed by atoms with E-state index in [-0.39, 0.29) is 5.97 Å². The number of carbonyl (C=O) groups excluding carboxylic acids is 2. The van der Waals surface area contributed by atoms with Crippen LogP contribution in [0.25, 0.3) is 0 Å². The second-order valence-electron chi connectivity index (χ2n) is 6.81. The Morgan fingerprint density at radius 1 is 0.833 bits per heavy atom. The lowest BCUT2D eigenvalue weighted by molar-refractivity contribution is -0.151. The van der Waals surface area contributed by atoms with E-state index >= 15 is 0 Å². The van der Waals surface area contributed by atoms with Gasteiger partial charge in [0.1, 0.15) is 5.54 Å². The maximum Gasteiger partial charge on any atom is 0.408 e. The van der Waals surface area contributed by atoms with Crippen molar-refractivity contribution in [1.82, 2.24) is 5.32 Å². The van der Waals surface area contributed by atoms with Crippen LogP contribution in [-0.4, -0.2) is 30.8 Å². The van der Waals surface area contributed by atoms with Crippen molar-refractivity contribution >= 4 is 12.1 Å². The first-order valence-corrected chi connectivity index (χ1v) is 9.77. The Labute approximate surface area is 146 Å². The van der Waals surface area contributed by atoms with Gasteiger partial charge in [-0.25, -0.2) is 9.59 Å². The van der Waals surface area contributed by atoms with Gasteiger partial charge in [-0.2, -0.15) is 0 Å². The van der Waals surface area contributed by atoms with Gasteiger partial charge >= 0.3 is 12.1 Å². The Bertz CT molecular complexity index is 364. The molecule has 0 aliphatic heterocycles. The number of hydrogen-bond acceptors (Lipinski definition) is 4. The molecule has 0 aromatic heterocycles. The molecule has 0 spiro atoms. The first kappa shape index (κ1) is 20.8. The zero-order valence-electron chi connectivity index (χ0n) is 15.5. The number of amides is 1. The fraction of sp³-hybridized carbons (Fsp3) is 0.895. The van der Waals surface area contributed by atoms with Crippen LogP contribution in [0.3, 0.4) is 0 Å². The number of ether oxygens (including phenoxy) is 2. The van der Waals surface area contributed by atoms with E-state index in [9.17, 15) is 9.59 Å². The van der Waals surface area contributed by atoms with Gasteiger partial charge in [0.25, 0.3) is 0 Å². The zero-order chi connectivity index (χ0) is 17.7. The fourth-order valence-electron chi connectivity index (χ4n) is 3.15. The van der Waals surface area contributed by atoms with Crippen molar-refractivity contribution in [3.63, 3.8) is 0 Å². The summed E-state index contributed by atoms with van der Waals surface area (Å²) in [6.07, 6.45) is 11.7.